The van der Waals surface area contributed by atoms with Gasteiger partial charge in [-0.25, -0.2) is 8.42 Å². The summed E-state index contributed by atoms with van der Waals surface area (Å²) in [6, 6.07) is 12.1. The van der Waals surface area contributed by atoms with Crippen LogP contribution in [-0.4, -0.2) is 31.7 Å². The molecule has 0 aromatic heterocycles. The molecule has 6 heteroatoms. The zero-order valence-corrected chi connectivity index (χ0v) is 17.3. The molecule has 0 aliphatic heterocycles. The summed E-state index contributed by atoms with van der Waals surface area (Å²) >= 11 is 0. The predicted molar refractivity (Wildman–Crippen MR) is 110 cm³/mol. The number of nitrogens with one attached hydrogen (secondary N) is 1. The summed E-state index contributed by atoms with van der Waals surface area (Å²) in [6.07, 6.45) is 1.48. The maximum absolute atomic E-state index is 12.9. The van der Waals surface area contributed by atoms with E-state index in [0.717, 1.165) is 29.7 Å². The maximum Gasteiger partial charge on any atom is 0.255 e. The molecular formula is C21H28N2O3S. The van der Waals surface area contributed by atoms with E-state index in [0.29, 0.717) is 18.7 Å². The van der Waals surface area contributed by atoms with Crippen molar-refractivity contribution >= 4 is 21.6 Å². The standard InChI is InChI=1S/C21H28N2O3S/c1-5-12-23(13-6-2)27(25,26)19-9-7-8-18(15-19)21(24)22-20-14-16(3)10-11-17(20)4/h7-11,14-15H,5-6,12-13H2,1-4H3,(H,22,24). The van der Waals surface area contributed by atoms with Crippen molar-refractivity contribution in [3.8, 4) is 0 Å². The van der Waals surface area contributed by atoms with Crippen molar-refractivity contribution in [2.45, 2.75) is 45.4 Å². The van der Waals surface area contributed by atoms with Crippen LogP contribution < -0.4 is 5.32 Å². The lowest BCUT2D eigenvalue weighted by atomic mass is 10.1. The second kappa shape index (κ2) is 9.15. The summed E-state index contributed by atoms with van der Waals surface area (Å²) in [5, 5.41) is 2.88. The van der Waals surface area contributed by atoms with Crippen LogP contribution in [0, 0.1) is 13.8 Å². The van der Waals surface area contributed by atoms with Gasteiger partial charge in [0.25, 0.3) is 5.91 Å². The van der Waals surface area contributed by atoms with Gasteiger partial charge < -0.3 is 5.32 Å². The molecule has 0 unspecified atom stereocenters. The van der Waals surface area contributed by atoms with Crippen LogP contribution in [0.5, 0.6) is 0 Å². The SMILES string of the molecule is CCCN(CCC)S(=O)(=O)c1cccc(C(=O)Nc2cc(C)ccc2C)c1. The molecule has 1 N–H and O–H groups in total. The quantitative estimate of drug-likeness (QED) is 0.730. The molecule has 146 valence electrons. The molecule has 0 saturated carbocycles. The summed E-state index contributed by atoms with van der Waals surface area (Å²) in [7, 11) is -3.62. The zero-order chi connectivity index (χ0) is 20.0. The Morgan fingerprint density at radius 1 is 1.00 bits per heavy atom. The number of amides is 1. The average molecular weight is 389 g/mol. The third-order valence-corrected chi connectivity index (χ3v) is 6.22. The van der Waals surface area contributed by atoms with Crippen LogP contribution in [0.1, 0.15) is 48.2 Å². The molecule has 0 spiro atoms. The highest BCUT2D eigenvalue weighted by molar-refractivity contribution is 7.89. The van der Waals surface area contributed by atoms with Gasteiger partial charge in [-0.2, -0.15) is 4.31 Å². The fourth-order valence-electron chi connectivity index (χ4n) is 2.86. The number of carbonyl (C=O) groups excluding carboxylic acids is 1. The Labute approximate surface area is 162 Å². The largest absolute Gasteiger partial charge is 0.322 e. The Bertz CT molecular complexity index is 901. The molecule has 0 fully saturated rings. The monoisotopic (exact) mass is 388 g/mol. The Morgan fingerprint density at radius 3 is 2.30 bits per heavy atom. The maximum atomic E-state index is 12.9. The zero-order valence-electron chi connectivity index (χ0n) is 16.5. The van der Waals surface area contributed by atoms with Crippen molar-refractivity contribution in [2.75, 3.05) is 18.4 Å². The van der Waals surface area contributed by atoms with E-state index in [1.807, 2.05) is 45.9 Å². The summed E-state index contributed by atoms with van der Waals surface area (Å²) in [4.78, 5) is 12.8. The first-order chi connectivity index (χ1) is 12.8. The van der Waals surface area contributed by atoms with E-state index in [9.17, 15) is 13.2 Å². The van der Waals surface area contributed by atoms with Gasteiger partial charge in [-0.05, 0) is 62.1 Å². The number of hydrogen-bond donors (Lipinski definition) is 1. The van der Waals surface area contributed by atoms with Crippen LogP contribution in [0.25, 0.3) is 0 Å². The summed E-state index contributed by atoms with van der Waals surface area (Å²) < 4.78 is 27.4. The van der Waals surface area contributed by atoms with E-state index in [-0.39, 0.29) is 10.8 Å². The number of nitrogens with zero attached hydrogens (tertiary/aromatic N) is 1. The molecule has 0 aliphatic carbocycles. The minimum absolute atomic E-state index is 0.151. The molecule has 0 heterocycles. The number of rotatable bonds is 8. The topological polar surface area (TPSA) is 66.5 Å². The molecule has 2 rings (SSSR count). The summed E-state index contributed by atoms with van der Waals surface area (Å²) in [5.41, 5.74) is 3.05. The molecule has 0 atom stereocenters. The van der Waals surface area contributed by atoms with Crippen molar-refractivity contribution in [3.05, 3.63) is 59.2 Å². The number of anilines is 1. The van der Waals surface area contributed by atoms with Crippen molar-refractivity contribution in [1.29, 1.82) is 0 Å². The van der Waals surface area contributed by atoms with Gasteiger partial charge in [0.05, 0.1) is 4.90 Å². The second-order valence-corrected chi connectivity index (χ2v) is 8.64. The van der Waals surface area contributed by atoms with Gasteiger partial charge in [-0.15, -0.1) is 0 Å². The van der Waals surface area contributed by atoms with Crippen molar-refractivity contribution in [2.24, 2.45) is 0 Å². The number of benzene rings is 2. The highest BCUT2D eigenvalue weighted by Crippen LogP contribution is 2.21. The number of sulfonamides is 1. The molecule has 2 aromatic carbocycles. The fraction of sp³-hybridized carbons (Fsp3) is 0.381. The smallest absolute Gasteiger partial charge is 0.255 e. The lowest BCUT2D eigenvalue weighted by Crippen LogP contribution is -2.32. The lowest BCUT2D eigenvalue weighted by Gasteiger charge is -2.21. The van der Waals surface area contributed by atoms with Crippen LogP contribution in [0.3, 0.4) is 0 Å². The normalized spacial score (nSPS) is 11.6. The van der Waals surface area contributed by atoms with E-state index in [4.69, 9.17) is 0 Å². The van der Waals surface area contributed by atoms with Gasteiger partial charge >= 0.3 is 0 Å². The van der Waals surface area contributed by atoms with Crippen molar-refractivity contribution < 1.29 is 13.2 Å². The molecule has 2 aromatic rings. The first-order valence-electron chi connectivity index (χ1n) is 9.28. The third-order valence-electron chi connectivity index (χ3n) is 4.32. The summed E-state index contributed by atoms with van der Waals surface area (Å²) in [5.74, 6) is -0.321. The Kier molecular flexibility index (Phi) is 7.16. The fourth-order valence-corrected chi connectivity index (χ4v) is 4.53. The Morgan fingerprint density at radius 2 is 1.67 bits per heavy atom. The lowest BCUT2D eigenvalue weighted by molar-refractivity contribution is 0.102. The van der Waals surface area contributed by atoms with Crippen LogP contribution in [0.4, 0.5) is 5.69 Å². The number of carbonyl (C=O) groups is 1. The van der Waals surface area contributed by atoms with E-state index >= 15 is 0 Å². The molecular weight excluding hydrogens is 360 g/mol. The molecule has 27 heavy (non-hydrogen) atoms. The minimum atomic E-state index is -3.62. The highest BCUT2D eigenvalue weighted by atomic mass is 32.2. The van der Waals surface area contributed by atoms with Gasteiger partial charge in [0.15, 0.2) is 0 Å². The average Bonchev–Trinajstić information content (AvgIpc) is 2.64. The van der Waals surface area contributed by atoms with Gasteiger partial charge in [0, 0.05) is 24.3 Å². The molecule has 0 aliphatic rings. The van der Waals surface area contributed by atoms with Gasteiger partial charge in [0.2, 0.25) is 10.0 Å². The van der Waals surface area contributed by atoms with Crippen LogP contribution in [0.15, 0.2) is 47.4 Å². The third kappa shape index (κ3) is 5.17. The highest BCUT2D eigenvalue weighted by Gasteiger charge is 2.24. The molecule has 0 saturated heterocycles. The van der Waals surface area contributed by atoms with Gasteiger partial charge in [-0.3, -0.25) is 4.79 Å². The predicted octanol–water partition coefficient (Wildman–Crippen LogP) is 4.37. The van der Waals surface area contributed by atoms with E-state index in [1.165, 1.54) is 10.4 Å². The van der Waals surface area contributed by atoms with Crippen LogP contribution >= 0.6 is 0 Å². The molecule has 0 radical (unpaired) electrons. The Hall–Kier alpha value is -2.18. The Balaban J connectivity index is 2.30. The summed E-state index contributed by atoms with van der Waals surface area (Å²) in [6.45, 7) is 8.71. The number of aryl methyl sites for hydroxylation is 2. The first-order valence-corrected chi connectivity index (χ1v) is 10.7. The second-order valence-electron chi connectivity index (χ2n) is 6.70. The molecule has 5 nitrogen and oxygen atoms in total. The van der Waals surface area contributed by atoms with E-state index in [2.05, 4.69) is 5.32 Å². The van der Waals surface area contributed by atoms with Crippen molar-refractivity contribution in [3.63, 3.8) is 0 Å². The molecule has 1 amide bonds. The van der Waals surface area contributed by atoms with Gasteiger partial charge in [-0.1, -0.05) is 32.0 Å². The minimum Gasteiger partial charge on any atom is -0.322 e. The first kappa shape index (κ1) is 21.1. The number of hydrogen-bond acceptors (Lipinski definition) is 3. The van der Waals surface area contributed by atoms with Crippen LogP contribution in [-0.2, 0) is 10.0 Å². The molecule has 0 bridgehead atoms. The van der Waals surface area contributed by atoms with E-state index < -0.39 is 10.0 Å². The van der Waals surface area contributed by atoms with Crippen molar-refractivity contribution in [1.82, 2.24) is 4.31 Å². The van der Waals surface area contributed by atoms with Crippen LogP contribution in [0.2, 0.25) is 0 Å². The van der Waals surface area contributed by atoms with E-state index in [1.54, 1.807) is 18.2 Å². The van der Waals surface area contributed by atoms with Gasteiger partial charge in [0.1, 0.15) is 0 Å².